The zero-order valence-corrected chi connectivity index (χ0v) is 8.20. The van der Waals surface area contributed by atoms with E-state index in [1.807, 2.05) is 0 Å². The molecule has 0 aliphatic rings. The number of nitrogens with one attached hydrogen (secondary N) is 2. The zero-order valence-electron chi connectivity index (χ0n) is 7.38. The maximum absolute atomic E-state index is 11.0. The van der Waals surface area contributed by atoms with E-state index < -0.39 is 10.2 Å². The van der Waals surface area contributed by atoms with Crippen LogP contribution in [0.1, 0.15) is 27.7 Å². The predicted octanol–water partition coefficient (Wildman–Crippen LogP) is 0.227. The van der Waals surface area contributed by atoms with E-state index in [0.717, 1.165) is 0 Å². The Morgan fingerprint density at radius 1 is 0.909 bits per heavy atom. The molecule has 0 rings (SSSR count). The molecule has 0 aliphatic heterocycles. The molecule has 2 N–H and O–H groups in total. The van der Waals surface area contributed by atoms with Gasteiger partial charge in [0.15, 0.2) is 0 Å². The lowest BCUT2D eigenvalue weighted by molar-refractivity contribution is 0.544. The van der Waals surface area contributed by atoms with Gasteiger partial charge in [-0.3, -0.25) is 0 Å². The molecule has 0 aliphatic carbocycles. The maximum Gasteiger partial charge on any atom is 0.277 e. The van der Waals surface area contributed by atoms with Crippen molar-refractivity contribution in [1.29, 1.82) is 0 Å². The lowest BCUT2D eigenvalue weighted by atomic mass is 10.4. The second-order valence-electron chi connectivity index (χ2n) is 3.05. The summed E-state index contributed by atoms with van der Waals surface area (Å²) in [6.07, 6.45) is 0. The highest BCUT2D eigenvalue weighted by Crippen LogP contribution is 1.86. The molecule has 0 radical (unpaired) electrons. The fraction of sp³-hybridized carbons (Fsp3) is 1.00. The molecule has 0 spiro atoms. The van der Waals surface area contributed by atoms with Gasteiger partial charge < -0.3 is 0 Å². The third-order valence-corrected chi connectivity index (χ3v) is 2.35. The van der Waals surface area contributed by atoms with Crippen molar-refractivity contribution in [1.82, 2.24) is 9.44 Å². The average molecular weight is 180 g/mol. The van der Waals surface area contributed by atoms with Crippen LogP contribution in [0.4, 0.5) is 0 Å². The quantitative estimate of drug-likeness (QED) is 0.650. The van der Waals surface area contributed by atoms with E-state index in [0.29, 0.717) is 0 Å². The molecule has 0 amide bonds. The molecule has 0 aromatic heterocycles. The van der Waals surface area contributed by atoms with Crippen molar-refractivity contribution in [3.8, 4) is 0 Å². The summed E-state index contributed by atoms with van der Waals surface area (Å²) in [6, 6.07) is -0.127. The first-order chi connectivity index (χ1) is 4.83. The molecule has 0 unspecified atom stereocenters. The molecule has 0 saturated heterocycles. The van der Waals surface area contributed by atoms with Gasteiger partial charge in [-0.05, 0) is 27.7 Å². The fourth-order valence-electron chi connectivity index (χ4n) is 0.655. The van der Waals surface area contributed by atoms with Crippen LogP contribution < -0.4 is 9.44 Å². The van der Waals surface area contributed by atoms with Gasteiger partial charge in [-0.15, -0.1) is 0 Å². The van der Waals surface area contributed by atoms with E-state index in [9.17, 15) is 8.42 Å². The van der Waals surface area contributed by atoms with Crippen LogP contribution in [0.5, 0.6) is 0 Å². The SMILES string of the molecule is CC(C)NS(=O)(=O)NC(C)C. The standard InChI is InChI=1S/C6H16N2O2S/c1-5(2)7-11(9,10)8-6(3)4/h5-8H,1-4H3. The molecule has 0 fully saturated rings. The Hall–Kier alpha value is -0.130. The summed E-state index contributed by atoms with van der Waals surface area (Å²) in [6.45, 7) is 7.11. The van der Waals surface area contributed by atoms with Gasteiger partial charge in [0, 0.05) is 12.1 Å². The van der Waals surface area contributed by atoms with Crippen molar-refractivity contribution in [2.45, 2.75) is 39.8 Å². The molecule has 4 nitrogen and oxygen atoms in total. The molecule has 11 heavy (non-hydrogen) atoms. The summed E-state index contributed by atoms with van der Waals surface area (Å²) in [5.74, 6) is 0. The largest absolute Gasteiger partial charge is 0.277 e. The molecule has 5 heteroatoms. The fourth-order valence-corrected chi connectivity index (χ4v) is 1.96. The summed E-state index contributed by atoms with van der Waals surface area (Å²) >= 11 is 0. The first-order valence-corrected chi connectivity index (χ1v) is 5.11. The highest BCUT2D eigenvalue weighted by atomic mass is 32.2. The van der Waals surface area contributed by atoms with Crippen LogP contribution >= 0.6 is 0 Å². The lowest BCUT2D eigenvalue weighted by Gasteiger charge is -2.12. The molecule has 0 atom stereocenters. The Morgan fingerprint density at radius 2 is 1.18 bits per heavy atom. The minimum atomic E-state index is -3.28. The normalized spacial score (nSPS) is 12.9. The monoisotopic (exact) mass is 180 g/mol. The zero-order chi connectivity index (χ0) is 9.07. The summed E-state index contributed by atoms with van der Waals surface area (Å²) in [7, 11) is -3.28. The molecule has 0 aromatic rings. The number of hydrogen-bond acceptors (Lipinski definition) is 2. The topological polar surface area (TPSA) is 58.2 Å². The van der Waals surface area contributed by atoms with Crippen LogP contribution in [0.15, 0.2) is 0 Å². The summed E-state index contributed by atoms with van der Waals surface area (Å²) in [5.41, 5.74) is 0. The van der Waals surface area contributed by atoms with Crippen molar-refractivity contribution >= 4 is 10.2 Å². The van der Waals surface area contributed by atoms with Crippen molar-refractivity contribution in [3.63, 3.8) is 0 Å². The highest BCUT2D eigenvalue weighted by molar-refractivity contribution is 7.87. The number of rotatable bonds is 4. The summed E-state index contributed by atoms with van der Waals surface area (Å²) < 4.78 is 26.9. The van der Waals surface area contributed by atoms with Crippen LogP contribution in [0.25, 0.3) is 0 Å². The predicted molar refractivity (Wildman–Crippen MR) is 45.5 cm³/mol. The Labute approximate surface area is 68.6 Å². The molecule has 0 saturated carbocycles. The van der Waals surface area contributed by atoms with Gasteiger partial charge in [-0.1, -0.05) is 0 Å². The van der Waals surface area contributed by atoms with Crippen molar-refractivity contribution in [2.24, 2.45) is 0 Å². The van der Waals surface area contributed by atoms with Crippen LogP contribution in [0.2, 0.25) is 0 Å². The lowest BCUT2D eigenvalue weighted by Crippen LogP contribution is -2.43. The minimum absolute atomic E-state index is 0.0637. The van der Waals surface area contributed by atoms with Gasteiger partial charge >= 0.3 is 0 Å². The van der Waals surface area contributed by atoms with E-state index in [-0.39, 0.29) is 12.1 Å². The first kappa shape index (κ1) is 10.9. The molecular formula is C6H16N2O2S. The minimum Gasteiger partial charge on any atom is -0.200 e. The maximum atomic E-state index is 11.0. The third-order valence-electron chi connectivity index (χ3n) is 0.782. The van der Waals surface area contributed by atoms with Crippen molar-refractivity contribution < 1.29 is 8.42 Å². The Kier molecular flexibility index (Phi) is 3.99. The van der Waals surface area contributed by atoms with Gasteiger partial charge in [0.25, 0.3) is 10.2 Å². The van der Waals surface area contributed by atoms with Crippen molar-refractivity contribution in [2.75, 3.05) is 0 Å². The molecule has 0 aromatic carbocycles. The highest BCUT2D eigenvalue weighted by Gasteiger charge is 2.11. The first-order valence-electron chi connectivity index (χ1n) is 3.63. The van der Waals surface area contributed by atoms with E-state index in [1.54, 1.807) is 27.7 Å². The Bertz CT molecular complexity index is 181. The van der Waals surface area contributed by atoms with Crippen LogP contribution in [-0.2, 0) is 10.2 Å². The third kappa shape index (κ3) is 6.28. The van der Waals surface area contributed by atoms with E-state index >= 15 is 0 Å². The molecule has 68 valence electrons. The Balaban J connectivity index is 4.03. The second kappa shape index (κ2) is 4.04. The van der Waals surface area contributed by atoms with Crippen LogP contribution in [0, 0.1) is 0 Å². The van der Waals surface area contributed by atoms with E-state index in [2.05, 4.69) is 9.44 Å². The summed E-state index contributed by atoms with van der Waals surface area (Å²) in [4.78, 5) is 0. The molecular weight excluding hydrogens is 164 g/mol. The smallest absolute Gasteiger partial charge is 0.200 e. The van der Waals surface area contributed by atoms with E-state index in [1.165, 1.54) is 0 Å². The van der Waals surface area contributed by atoms with Gasteiger partial charge in [0.2, 0.25) is 0 Å². The van der Waals surface area contributed by atoms with Crippen molar-refractivity contribution in [3.05, 3.63) is 0 Å². The van der Waals surface area contributed by atoms with Gasteiger partial charge in [-0.25, -0.2) is 0 Å². The van der Waals surface area contributed by atoms with Crippen LogP contribution in [0.3, 0.4) is 0 Å². The number of hydrogen-bond donors (Lipinski definition) is 2. The second-order valence-corrected chi connectivity index (χ2v) is 4.53. The van der Waals surface area contributed by atoms with Gasteiger partial charge in [0.1, 0.15) is 0 Å². The molecule has 0 heterocycles. The van der Waals surface area contributed by atoms with Crippen LogP contribution in [-0.4, -0.2) is 20.5 Å². The van der Waals surface area contributed by atoms with E-state index in [4.69, 9.17) is 0 Å². The summed E-state index contributed by atoms with van der Waals surface area (Å²) in [5, 5.41) is 0. The molecule has 0 bridgehead atoms. The average Bonchev–Trinajstić information content (AvgIpc) is 1.53. The van der Waals surface area contributed by atoms with Gasteiger partial charge in [-0.2, -0.15) is 17.9 Å². The van der Waals surface area contributed by atoms with Gasteiger partial charge in [0.05, 0.1) is 0 Å². The Morgan fingerprint density at radius 3 is 1.36 bits per heavy atom.